The lowest BCUT2D eigenvalue weighted by molar-refractivity contribution is -0.132. The fourth-order valence-corrected chi connectivity index (χ4v) is 3.03. The van der Waals surface area contributed by atoms with Crippen LogP contribution in [0.5, 0.6) is 0 Å². The van der Waals surface area contributed by atoms with Crippen LogP contribution in [0.4, 0.5) is 4.79 Å². The monoisotopic (exact) mass is 342 g/mol. The van der Waals surface area contributed by atoms with Gasteiger partial charge in [0.2, 0.25) is 0 Å². The van der Waals surface area contributed by atoms with Gasteiger partial charge in [0.05, 0.1) is 19.9 Å². The minimum absolute atomic E-state index is 0.142. The molecule has 130 valence electrons. The highest BCUT2D eigenvalue weighted by Crippen LogP contribution is 2.33. The van der Waals surface area contributed by atoms with Crippen LogP contribution in [0.15, 0.2) is 47.1 Å². The molecule has 1 fully saturated rings. The van der Waals surface area contributed by atoms with E-state index < -0.39 is 17.5 Å². The first-order valence-corrected chi connectivity index (χ1v) is 7.87. The fourth-order valence-electron chi connectivity index (χ4n) is 3.03. The van der Waals surface area contributed by atoms with Gasteiger partial charge in [-0.2, -0.15) is 0 Å². The molecule has 1 N–H and O–H groups in total. The Labute approximate surface area is 144 Å². The van der Waals surface area contributed by atoms with E-state index in [1.54, 1.807) is 12.1 Å². The summed E-state index contributed by atoms with van der Waals surface area (Å²) in [6.07, 6.45) is 1.73. The molecule has 0 radical (unpaired) electrons. The maximum absolute atomic E-state index is 13.0. The molecular weight excluding hydrogens is 324 g/mol. The third kappa shape index (κ3) is 2.67. The van der Waals surface area contributed by atoms with Gasteiger partial charge in [0, 0.05) is 0 Å². The van der Waals surface area contributed by atoms with E-state index in [-0.39, 0.29) is 23.8 Å². The van der Waals surface area contributed by atoms with Gasteiger partial charge in [-0.05, 0) is 18.1 Å². The van der Waals surface area contributed by atoms with Crippen LogP contribution in [-0.4, -0.2) is 29.9 Å². The molecule has 0 bridgehead atoms. The number of nitrogens with one attached hydrogen (secondary N) is 1. The number of ether oxygens (including phenoxy) is 1. The van der Waals surface area contributed by atoms with Crippen molar-refractivity contribution in [2.24, 2.45) is 0 Å². The van der Waals surface area contributed by atoms with Gasteiger partial charge in [-0.3, -0.25) is 9.69 Å². The van der Waals surface area contributed by atoms with Crippen LogP contribution in [-0.2, 0) is 21.6 Å². The number of furan rings is 1. The first-order valence-electron chi connectivity index (χ1n) is 7.87. The smallest absolute Gasteiger partial charge is 0.341 e. The maximum atomic E-state index is 13.0. The Balaban J connectivity index is 1.92. The van der Waals surface area contributed by atoms with Crippen LogP contribution in [0.2, 0.25) is 0 Å². The van der Waals surface area contributed by atoms with Gasteiger partial charge in [0.1, 0.15) is 16.9 Å². The van der Waals surface area contributed by atoms with Gasteiger partial charge in [0.15, 0.2) is 0 Å². The molecule has 25 heavy (non-hydrogen) atoms. The number of benzene rings is 1. The zero-order valence-corrected chi connectivity index (χ0v) is 13.9. The second kappa shape index (κ2) is 6.43. The van der Waals surface area contributed by atoms with Crippen LogP contribution >= 0.6 is 0 Å². The zero-order chi connectivity index (χ0) is 18.0. The summed E-state index contributed by atoms with van der Waals surface area (Å²) >= 11 is 0. The summed E-state index contributed by atoms with van der Waals surface area (Å²) < 4.78 is 9.96. The lowest BCUT2D eigenvalue weighted by atomic mass is 9.87. The van der Waals surface area contributed by atoms with Crippen molar-refractivity contribution >= 4 is 17.9 Å². The van der Waals surface area contributed by atoms with E-state index in [2.05, 4.69) is 10.1 Å². The lowest BCUT2D eigenvalue weighted by Crippen LogP contribution is -2.43. The van der Waals surface area contributed by atoms with Crippen LogP contribution < -0.4 is 5.32 Å². The molecule has 1 aromatic carbocycles. The largest absolute Gasteiger partial charge is 0.467 e. The average molecular weight is 342 g/mol. The molecule has 0 saturated carbocycles. The van der Waals surface area contributed by atoms with Crippen molar-refractivity contribution in [3.63, 3.8) is 0 Å². The van der Waals surface area contributed by atoms with E-state index in [1.807, 2.05) is 25.1 Å². The molecule has 2 heterocycles. The first-order chi connectivity index (χ1) is 12.0. The van der Waals surface area contributed by atoms with E-state index in [1.165, 1.54) is 19.4 Å². The molecule has 1 aliphatic heterocycles. The number of methoxy groups -OCH3 is 1. The van der Waals surface area contributed by atoms with Crippen molar-refractivity contribution in [2.75, 3.05) is 7.11 Å². The Bertz CT molecular complexity index is 814. The van der Waals surface area contributed by atoms with Crippen LogP contribution in [0.3, 0.4) is 0 Å². The highest BCUT2D eigenvalue weighted by molar-refractivity contribution is 6.07. The third-order valence-corrected chi connectivity index (χ3v) is 4.43. The van der Waals surface area contributed by atoms with Crippen molar-refractivity contribution < 1.29 is 23.5 Å². The van der Waals surface area contributed by atoms with Gasteiger partial charge in [-0.15, -0.1) is 0 Å². The van der Waals surface area contributed by atoms with Crippen molar-refractivity contribution in [2.45, 2.75) is 25.4 Å². The van der Waals surface area contributed by atoms with Gasteiger partial charge >= 0.3 is 12.0 Å². The molecule has 7 heteroatoms. The molecule has 1 atom stereocenters. The van der Waals surface area contributed by atoms with Gasteiger partial charge in [-0.25, -0.2) is 9.59 Å². The standard InChI is InChI=1S/C18H18N2O5/c1-3-18(12-7-5-4-6-8-12)16(22)20(17(23)19-18)11-14-13(9-10-25-14)15(21)24-2/h4-10H,3,11H2,1-2H3,(H,19,23). The zero-order valence-electron chi connectivity index (χ0n) is 13.9. The number of amides is 3. The molecule has 1 aromatic heterocycles. The SMILES string of the molecule is CCC1(c2ccccc2)NC(=O)N(Cc2occc2C(=O)OC)C1=O. The molecule has 0 aliphatic carbocycles. The van der Waals surface area contributed by atoms with Crippen molar-refractivity contribution in [1.82, 2.24) is 10.2 Å². The molecule has 7 nitrogen and oxygen atoms in total. The summed E-state index contributed by atoms with van der Waals surface area (Å²) in [5.41, 5.74) is -0.209. The predicted octanol–water partition coefficient (Wildman–Crippen LogP) is 2.42. The number of hydrogen-bond donors (Lipinski definition) is 1. The second-order valence-electron chi connectivity index (χ2n) is 5.70. The number of carbonyl (C=O) groups is 3. The molecule has 1 aliphatic rings. The Morgan fingerprint density at radius 2 is 1.96 bits per heavy atom. The summed E-state index contributed by atoms with van der Waals surface area (Å²) in [4.78, 5) is 38.3. The molecule has 3 rings (SSSR count). The van der Waals surface area contributed by atoms with Crippen LogP contribution in [0.1, 0.15) is 35.0 Å². The van der Waals surface area contributed by atoms with Gasteiger partial charge in [-0.1, -0.05) is 37.3 Å². The van der Waals surface area contributed by atoms with Crippen molar-refractivity contribution in [3.05, 3.63) is 59.5 Å². The molecule has 0 spiro atoms. The van der Waals surface area contributed by atoms with E-state index >= 15 is 0 Å². The third-order valence-electron chi connectivity index (χ3n) is 4.43. The molecule has 1 saturated heterocycles. The highest BCUT2D eigenvalue weighted by atomic mass is 16.5. The number of rotatable bonds is 5. The van der Waals surface area contributed by atoms with Crippen LogP contribution in [0, 0.1) is 0 Å². The Morgan fingerprint density at radius 3 is 2.60 bits per heavy atom. The maximum Gasteiger partial charge on any atom is 0.341 e. The number of esters is 1. The summed E-state index contributed by atoms with van der Waals surface area (Å²) in [7, 11) is 1.25. The number of urea groups is 1. The number of hydrogen-bond acceptors (Lipinski definition) is 5. The Morgan fingerprint density at radius 1 is 1.24 bits per heavy atom. The average Bonchev–Trinajstić information content (AvgIpc) is 3.20. The normalized spacial score (nSPS) is 19.8. The van der Waals surface area contributed by atoms with E-state index in [9.17, 15) is 14.4 Å². The number of carbonyl (C=O) groups excluding carboxylic acids is 3. The molecule has 1 unspecified atom stereocenters. The van der Waals surface area contributed by atoms with E-state index in [0.29, 0.717) is 12.0 Å². The minimum Gasteiger partial charge on any atom is -0.467 e. The molecule has 2 aromatic rings. The van der Waals surface area contributed by atoms with Crippen LogP contribution in [0.25, 0.3) is 0 Å². The van der Waals surface area contributed by atoms with E-state index in [0.717, 1.165) is 4.90 Å². The van der Waals surface area contributed by atoms with E-state index in [4.69, 9.17) is 4.42 Å². The molecule has 3 amide bonds. The number of nitrogens with zero attached hydrogens (tertiary/aromatic N) is 1. The Hall–Kier alpha value is -3.09. The van der Waals surface area contributed by atoms with Crippen molar-refractivity contribution in [3.8, 4) is 0 Å². The summed E-state index contributed by atoms with van der Waals surface area (Å²) in [5.74, 6) is -0.755. The first kappa shape index (κ1) is 16.8. The van der Waals surface area contributed by atoms with Gasteiger partial charge in [0.25, 0.3) is 5.91 Å². The minimum atomic E-state index is -1.11. The Kier molecular flexibility index (Phi) is 4.31. The van der Waals surface area contributed by atoms with Crippen molar-refractivity contribution in [1.29, 1.82) is 0 Å². The summed E-state index contributed by atoms with van der Waals surface area (Å²) in [6, 6.07) is 10.0. The topological polar surface area (TPSA) is 88.8 Å². The predicted molar refractivity (Wildman–Crippen MR) is 87.5 cm³/mol. The highest BCUT2D eigenvalue weighted by Gasteiger charge is 2.51. The quantitative estimate of drug-likeness (QED) is 0.666. The fraction of sp³-hybridized carbons (Fsp3) is 0.278. The lowest BCUT2D eigenvalue weighted by Gasteiger charge is -2.25. The number of imide groups is 1. The summed E-state index contributed by atoms with van der Waals surface area (Å²) in [6.45, 7) is 1.69. The summed E-state index contributed by atoms with van der Waals surface area (Å²) in [5, 5.41) is 2.79. The van der Waals surface area contributed by atoms with Gasteiger partial charge < -0.3 is 14.5 Å². The second-order valence-corrected chi connectivity index (χ2v) is 5.70. The molecular formula is C18H18N2O5.